The normalized spacial score (nSPS) is 11.8. The zero-order valence-electron chi connectivity index (χ0n) is 16.5. The smallest absolute Gasteiger partial charge is 0.261 e. The molecule has 1 unspecified atom stereocenters. The topological polar surface area (TPSA) is 58.6 Å². The molecular formula is C22H27FN2O3. The monoisotopic (exact) mass is 386 g/mol. The van der Waals surface area contributed by atoms with E-state index in [0.717, 1.165) is 5.56 Å². The Morgan fingerprint density at radius 1 is 1.04 bits per heavy atom. The number of nitrogens with zero attached hydrogens (tertiary/aromatic N) is 1. The van der Waals surface area contributed by atoms with Gasteiger partial charge in [0.2, 0.25) is 5.91 Å². The van der Waals surface area contributed by atoms with Crippen LogP contribution in [0.5, 0.6) is 5.75 Å². The van der Waals surface area contributed by atoms with Crippen molar-refractivity contribution in [3.63, 3.8) is 0 Å². The Balaban J connectivity index is 2.08. The minimum atomic E-state index is -0.650. The maximum absolute atomic E-state index is 13.0. The van der Waals surface area contributed by atoms with Gasteiger partial charge < -0.3 is 15.0 Å². The van der Waals surface area contributed by atoms with Crippen LogP contribution < -0.4 is 10.1 Å². The fourth-order valence-electron chi connectivity index (χ4n) is 2.57. The molecule has 0 aromatic heterocycles. The number of hydrogen-bond donors (Lipinski definition) is 1. The lowest BCUT2D eigenvalue weighted by atomic mass is 10.1. The minimum absolute atomic E-state index is 0.209. The Morgan fingerprint density at radius 3 is 2.29 bits per heavy atom. The van der Waals surface area contributed by atoms with Crippen LogP contribution in [0.1, 0.15) is 26.3 Å². The van der Waals surface area contributed by atoms with Crippen LogP contribution >= 0.6 is 0 Å². The van der Waals surface area contributed by atoms with E-state index >= 15 is 0 Å². The molecule has 150 valence electrons. The van der Waals surface area contributed by atoms with E-state index in [9.17, 15) is 14.0 Å². The Morgan fingerprint density at radius 2 is 1.68 bits per heavy atom. The van der Waals surface area contributed by atoms with E-state index in [1.807, 2.05) is 44.2 Å². The third kappa shape index (κ3) is 6.68. The third-order valence-corrected chi connectivity index (χ3v) is 4.22. The van der Waals surface area contributed by atoms with Gasteiger partial charge in [0, 0.05) is 13.1 Å². The molecule has 0 bridgehead atoms. The van der Waals surface area contributed by atoms with E-state index < -0.39 is 6.04 Å². The largest absolute Gasteiger partial charge is 0.484 e. The van der Waals surface area contributed by atoms with Crippen molar-refractivity contribution in [2.24, 2.45) is 5.92 Å². The molecule has 2 aromatic carbocycles. The van der Waals surface area contributed by atoms with E-state index in [-0.39, 0.29) is 24.2 Å². The van der Waals surface area contributed by atoms with Crippen molar-refractivity contribution in [3.05, 3.63) is 66.0 Å². The quantitative estimate of drug-likeness (QED) is 0.719. The van der Waals surface area contributed by atoms with Crippen LogP contribution in [-0.2, 0) is 16.1 Å². The summed E-state index contributed by atoms with van der Waals surface area (Å²) in [6, 6.07) is 14.3. The molecule has 0 saturated carbocycles. The molecule has 6 heteroatoms. The van der Waals surface area contributed by atoms with Gasteiger partial charge in [0.25, 0.3) is 5.91 Å². The lowest BCUT2D eigenvalue weighted by Crippen LogP contribution is -2.49. The van der Waals surface area contributed by atoms with Gasteiger partial charge in [0.05, 0.1) is 0 Å². The first-order chi connectivity index (χ1) is 13.4. The third-order valence-electron chi connectivity index (χ3n) is 4.22. The number of halogens is 1. The molecule has 0 aliphatic carbocycles. The average molecular weight is 386 g/mol. The fourth-order valence-corrected chi connectivity index (χ4v) is 2.57. The number of nitrogens with one attached hydrogen (secondary N) is 1. The number of rotatable bonds is 9. The number of benzene rings is 2. The highest BCUT2D eigenvalue weighted by Crippen LogP contribution is 2.13. The summed E-state index contributed by atoms with van der Waals surface area (Å²) >= 11 is 0. The first kappa shape index (κ1) is 21.4. The summed E-state index contributed by atoms with van der Waals surface area (Å²) in [7, 11) is 0. The van der Waals surface area contributed by atoms with E-state index in [2.05, 4.69) is 5.32 Å². The van der Waals surface area contributed by atoms with Crippen LogP contribution in [0.3, 0.4) is 0 Å². The van der Waals surface area contributed by atoms with Crippen molar-refractivity contribution >= 4 is 11.8 Å². The SMILES string of the molecule is CC(C)CNC(=O)C(C)N(Cc1ccccc1)C(=O)COc1ccc(F)cc1. The predicted molar refractivity (Wildman–Crippen MR) is 106 cm³/mol. The second kappa shape index (κ2) is 10.4. The predicted octanol–water partition coefficient (Wildman–Crippen LogP) is 3.39. The molecular weight excluding hydrogens is 359 g/mol. The van der Waals surface area contributed by atoms with Crippen LogP contribution in [0, 0.1) is 11.7 Å². The van der Waals surface area contributed by atoms with Gasteiger partial charge in [-0.25, -0.2) is 4.39 Å². The van der Waals surface area contributed by atoms with E-state index in [0.29, 0.717) is 24.8 Å². The molecule has 0 radical (unpaired) electrons. The van der Waals surface area contributed by atoms with Gasteiger partial charge in [-0.2, -0.15) is 0 Å². The van der Waals surface area contributed by atoms with Crippen molar-refractivity contribution in [1.29, 1.82) is 0 Å². The van der Waals surface area contributed by atoms with Crippen LogP contribution in [0.25, 0.3) is 0 Å². The van der Waals surface area contributed by atoms with Gasteiger partial charge in [-0.1, -0.05) is 44.2 Å². The second-order valence-electron chi connectivity index (χ2n) is 7.06. The van der Waals surface area contributed by atoms with Crippen LogP contribution in [-0.4, -0.2) is 35.9 Å². The fraction of sp³-hybridized carbons (Fsp3) is 0.364. The maximum atomic E-state index is 13.0. The number of ether oxygens (including phenoxy) is 1. The van der Waals surface area contributed by atoms with E-state index in [4.69, 9.17) is 4.74 Å². The van der Waals surface area contributed by atoms with E-state index in [1.165, 1.54) is 29.2 Å². The summed E-state index contributed by atoms with van der Waals surface area (Å²) in [6.45, 7) is 6.32. The van der Waals surface area contributed by atoms with Crippen molar-refractivity contribution in [2.45, 2.75) is 33.4 Å². The van der Waals surface area contributed by atoms with Crippen molar-refractivity contribution < 1.29 is 18.7 Å². The molecule has 0 spiro atoms. The molecule has 5 nitrogen and oxygen atoms in total. The molecule has 1 N–H and O–H groups in total. The minimum Gasteiger partial charge on any atom is -0.484 e. The molecule has 2 aromatic rings. The second-order valence-corrected chi connectivity index (χ2v) is 7.06. The number of hydrogen-bond acceptors (Lipinski definition) is 3. The maximum Gasteiger partial charge on any atom is 0.261 e. The Hall–Kier alpha value is -2.89. The Bertz CT molecular complexity index is 763. The zero-order valence-corrected chi connectivity index (χ0v) is 16.5. The average Bonchev–Trinajstić information content (AvgIpc) is 2.69. The summed E-state index contributed by atoms with van der Waals surface area (Å²) in [4.78, 5) is 26.8. The van der Waals surface area contributed by atoms with Gasteiger partial charge in [0.15, 0.2) is 6.61 Å². The summed E-state index contributed by atoms with van der Waals surface area (Å²) in [5, 5.41) is 2.87. The molecule has 0 fully saturated rings. The molecule has 0 aliphatic rings. The zero-order chi connectivity index (χ0) is 20.5. The number of amides is 2. The molecule has 1 atom stereocenters. The summed E-state index contributed by atoms with van der Waals surface area (Å²) in [5.41, 5.74) is 0.918. The Labute approximate surface area is 165 Å². The van der Waals surface area contributed by atoms with Crippen molar-refractivity contribution in [1.82, 2.24) is 10.2 Å². The summed E-state index contributed by atoms with van der Waals surface area (Å²) in [6.07, 6.45) is 0. The molecule has 0 heterocycles. The summed E-state index contributed by atoms with van der Waals surface area (Å²) < 4.78 is 18.5. The van der Waals surface area contributed by atoms with Crippen LogP contribution in [0.2, 0.25) is 0 Å². The molecule has 0 aliphatic heterocycles. The highest BCUT2D eigenvalue weighted by Gasteiger charge is 2.26. The van der Waals surface area contributed by atoms with Crippen LogP contribution in [0.4, 0.5) is 4.39 Å². The van der Waals surface area contributed by atoms with Crippen molar-refractivity contribution in [3.8, 4) is 5.75 Å². The lowest BCUT2D eigenvalue weighted by Gasteiger charge is -2.29. The van der Waals surface area contributed by atoms with Gasteiger partial charge in [-0.15, -0.1) is 0 Å². The van der Waals surface area contributed by atoms with Crippen molar-refractivity contribution in [2.75, 3.05) is 13.2 Å². The number of carbonyl (C=O) groups is 2. The van der Waals surface area contributed by atoms with Crippen LogP contribution in [0.15, 0.2) is 54.6 Å². The highest BCUT2D eigenvalue weighted by molar-refractivity contribution is 5.87. The summed E-state index contributed by atoms with van der Waals surface area (Å²) in [5.74, 6) is -0.192. The number of carbonyl (C=O) groups excluding carboxylic acids is 2. The molecule has 2 rings (SSSR count). The highest BCUT2D eigenvalue weighted by atomic mass is 19.1. The molecule has 2 amide bonds. The lowest BCUT2D eigenvalue weighted by molar-refractivity contribution is -0.142. The standard InChI is InChI=1S/C22H27FN2O3/c1-16(2)13-24-22(27)17(3)25(14-18-7-5-4-6-8-18)21(26)15-28-20-11-9-19(23)10-12-20/h4-12,16-17H,13-15H2,1-3H3,(H,24,27). The van der Waals surface area contributed by atoms with Gasteiger partial charge in [-0.05, 0) is 42.7 Å². The first-order valence-corrected chi connectivity index (χ1v) is 9.36. The Kier molecular flexibility index (Phi) is 7.99. The van der Waals surface area contributed by atoms with E-state index in [1.54, 1.807) is 6.92 Å². The van der Waals surface area contributed by atoms with Gasteiger partial charge >= 0.3 is 0 Å². The molecule has 28 heavy (non-hydrogen) atoms. The molecule has 0 saturated heterocycles. The van der Waals surface area contributed by atoms with Gasteiger partial charge in [0.1, 0.15) is 17.6 Å². The first-order valence-electron chi connectivity index (χ1n) is 9.36. The van der Waals surface area contributed by atoms with Gasteiger partial charge in [-0.3, -0.25) is 9.59 Å².